The predicted molar refractivity (Wildman–Crippen MR) is 63.6 cm³/mol. The van der Waals surface area contributed by atoms with Crippen LogP contribution in [0.15, 0.2) is 30.9 Å². The zero-order chi connectivity index (χ0) is 12.1. The van der Waals surface area contributed by atoms with Crippen LogP contribution in [0.1, 0.15) is 6.42 Å². The number of aromatic nitrogens is 3. The molecule has 17 heavy (non-hydrogen) atoms. The molecule has 0 saturated heterocycles. The van der Waals surface area contributed by atoms with Crippen molar-refractivity contribution in [2.24, 2.45) is 0 Å². The Morgan fingerprint density at radius 3 is 2.94 bits per heavy atom. The van der Waals surface area contributed by atoms with Gasteiger partial charge in [-0.05, 0) is 12.5 Å². The normalized spacial score (nSPS) is 10.6. The average molecular weight is 233 g/mol. The summed E-state index contributed by atoms with van der Waals surface area (Å²) in [4.78, 5) is 3.94. The lowest BCUT2D eigenvalue weighted by Crippen LogP contribution is -2.01. The van der Waals surface area contributed by atoms with Crippen LogP contribution in [0.2, 0.25) is 0 Å². The minimum Gasteiger partial charge on any atom is -0.506 e. The van der Waals surface area contributed by atoms with Crippen LogP contribution in [-0.4, -0.2) is 33.6 Å². The number of nitrogens with zero attached hydrogens (tertiary/aromatic N) is 3. The fourth-order valence-electron chi connectivity index (χ4n) is 1.59. The van der Waals surface area contributed by atoms with Crippen LogP contribution < -0.4 is 0 Å². The molecule has 0 spiro atoms. The van der Waals surface area contributed by atoms with Crippen LogP contribution in [0, 0.1) is 0 Å². The van der Waals surface area contributed by atoms with E-state index < -0.39 is 0 Å². The third kappa shape index (κ3) is 3.04. The first kappa shape index (κ1) is 11.6. The lowest BCUT2D eigenvalue weighted by Gasteiger charge is -2.00. The molecule has 0 bridgehead atoms. The van der Waals surface area contributed by atoms with Crippen LogP contribution in [0.25, 0.3) is 11.1 Å². The summed E-state index contributed by atoms with van der Waals surface area (Å²) >= 11 is 0. The van der Waals surface area contributed by atoms with E-state index in [-0.39, 0.29) is 5.75 Å². The van der Waals surface area contributed by atoms with E-state index >= 15 is 0 Å². The van der Waals surface area contributed by atoms with Crippen molar-refractivity contribution in [1.82, 2.24) is 14.8 Å². The number of aromatic hydroxyl groups is 1. The lowest BCUT2D eigenvalue weighted by atomic mass is 10.2. The molecule has 0 unspecified atom stereocenters. The van der Waals surface area contributed by atoms with E-state index in [2.05, 4.69) is 10.1 Å². The maximum atomic E-state index is 9.35. The van der Waals surface area contributed by atoms with Crippen LogP contribution in [0.5, 0.6) is 5.75 Å². The summed E-state index contributed by atoms with van der Waals surface area (Å²) in [6.07, 6.45) is 7.74. The second-order valence-electron chi connectivity index (χ2n) is 3.77. The molecule has 5 heteroatoms. The van der Waals surface area contributed by atoms with Crippen LogP contribution in [-0.2, 0) is 11.3 Å². The Morgan fingerprint density at radius 2 is 2.18 bits per heavy atom. The topological polar surface area (TPSA) is 60.2 Å². The second kappa shape index (κ2) is 5.45. The Balaban J connectivity index is 2.07. The van der Waals surface area contributed by atoms with Gasteiger partial charge in [0.05, 0.1) is 12.4 Å². The average Bonchev–Trinajstić information content (AvgIpc) is 2.78. The fourth-order valence-corrected chi connectivity index (χ4v) is 1.59. The summed E-state index contributed by atoms with van der Waals surface area (Å²) < 4.78 is 6.85. The lowest BCUT2D eigenvalue weighted by molar-refractivity contribution is 0.189. The molecule has 0 aromatic carbocycles. The summed E-state index contributed by atoms with van der Waals surface area (Å²) in [6, 6.07) is 1.67. The number of ether oxygens (including phenoxy) is 1. The van der Waals surface area contributed by atoms with E-state index in [0.29, 0.717) is 0 Å². The van der Waals surface area contributed by atoms with Crippen molar-refractivity contribution in [1.29, 1.82) is 0 Å². The van der Waals surface area contributed by atoms with Gasteiger partial charge in [0, 0.05) is 43.8 Å². The summed E-state index contributed by atoms with van der Waals surface area (Å²) in [6.45, 7) is 1.54. The molecule has 0 atom stereocenters. The van der Waals surface area contributed by atoms with Crippen molar-refractivity contribution in [3.8, 4) is 16.9 Å². The summed E-state index contributed by atoms with van der Waals surface area (Å²) in [7, 11) is 1.69. The first-order chi connectivity index (χ1) is 8.29. The third-order valence-corrected chi connectivity index (χ3v) is 2.43. The van der Waals surface area contributed by atoms with Crippen molar-refractivity contribution in [3.05, 3.63) is 30.9 Å². The molecule has 0 radical (unpaired) electrons. The number of hydrogen-bond acceptors (Lipinski definition) is 4. The van der Waals surface area contributed by atoms with Crippen LogP contribution in [0.4, 0.5) is 0 Å². The maximum Gasteiger partial charge on any atom is 0.134 e. The number of hydrogen-bond donors (Lipinski definition) is 1. The highest BCUT2D eigenvalue weighted by molar-refractivity contribution is 5.61. The standard InChI is InChI=1S/C12H15N3O2/c1-17-4-2-3-15-9-11(7-14-15)10-5-12(16)8-13-6-10/h5-9,16H,2-4H2,1H3. The first-order valence-electron chi connectivity index (χ1n) is 5.45. The van der Waals surface area contributed by atoms with Crippen molar-refractivity contribution in [3.63, 3.8) is 0 Å². The number of aryl methyl sites for hydroxylation is 1. The molecular weight excluding hydrogens is 218 g/mol. The van der Waals surface area contributed by atoms with Crippen molar-refractivity contribution in [2.45, 2.75) is 13.0 Å². The highest BCUT2D eigenvalue weighted by atomic mass is 16.5. The molecule has 0 amide bonds. The molecule has 2 aromatic heterocycles. The smallest absolute Gasteiger partial charge is 0.134 e. The molecule has 0 aliphatic rings. The Kier molecular flexibility index (Phi) is 3.72. The van der Waals surface area contributed by atoms with E-state index in [4.69, 9.17) is 4.74 Å². The van der Waals surface area contributed by atoms with Crippen LogP contribution in [0.3, 0.4) is 0 Å². The van der Waals surface area contributed by atoms with E-state index in [0.717, 1.165) is 30.7 Å². The largest absolute Gasteiger partial charge is 0.506 e. The van der Waals surface area contributed by atoms with E-state index in [9.17, 15) is 5.11 Å². The molecule has 0 aliphatic carbocycles. The summed E-state index contributed by atoms with van der Waals surface area (Å²) in [5.74, 6) is 0.162. The number of pyridine rings is 1. The molecule has 0 saturated carbocycles. The third-order valence-electron chi connectivity index (χ3n) is 2.43. The van der Waals surface area contributed by atoms with Crippen LogP contribution >= 0.6 is 0 Å². The molecule has 0 fully saturated rings. The predicted octanol–water partition coefficient (Wildman–Crippen LogP) is 1.69. The quantitative estimate of drug-likeness (QED) is 0.798. The molecule has 2 rings (SSSR count). The Hall–Kier alpha value is -1.88. The van der Waals surface area contributed by atoms with E-state index in [1.807, 2.05) is 10.9 Å². The minimum absolute atomic E-state index is 0.162. The minimum atomic E-state index is 0.162. The molecule has 2 aromatic rings. The van der Waals surface area contributed by atoms with Gasteiger partial charge in [-0.15, -0.1) is 0 Å². The number of methoxy groups -OCH3 is 1. The van der Waals surface area contributed by atoms with Crippen molar-refractivity contribution < 1.29 is 9.84 Å². The summed E-state index contributed by atoms with van der Waals surface area (Å²) in [5, 5.41) is 13.6. The molecule has 0 aliphatic heterocycles. The highest BCUT2D eigenvalue weighted by Gasteiger charge is 2.03. The van der Waals surface area contributed by atoms with Gasteiger partial charge in [0.15, 0.2) is 0 Å². The van der Waals surface area contributed by atoms with Crippen molar-refractivity contribution in [2.75, 3.05) is 13.7 Å². The Morgan fingerprint density at radius 1 is 1.29 bits per heavy atom. The van der Waals surface area contributed by atoms with Gasteiger partial charge in [0.25, 0.3) is 0 Å². The summed E-state index contributed by atoms with van der Waals surface area (Å²) in [5.41, 5.74) is 1.81. The van der Waals surface area contributed by atoms with Gasteiger partial charge >= 0.3 is 0 Å². The maximum absolute atomic E-state index is 9.35. The van der Waals surface area contributed by atoms with Gasteiger partial charge in [-0.25, -0.2) is 0 Å². The first-order valence-corrected chi connectivity index (χ1v) is 5.45. The van der Waals surface area contributed by atoms with Gasteiger partial charge in [0.2, 0.25) is 0 Å². The number of rotatable bonds is 5. The molecule has 90 valence electrons. The zero-order valence-electron chi connectivity index (χ0n) is 9.71. The second-order valence-corrected chi connectivity index (χ2v) is 3.77. The van der Waals surface area contributed by atoms with Gasteiger partial charge in [-0.1, -0.05) is 0 Å². The molecule has 2 heterocycles. The zero-order valence-corrected chi connectivity index (χ0v) is 9.71. The van der Waals surface area contributed by atoms with Gasteiger partial charge in [-0.2, -0.15) is 5.10 Å². The molecular formula is C12H15N3O2. The van der Waals surface area contributed by atoms with E-state index in [1.54, 1.807) is 25.6 Å². The van der Waals surface area contributed by atoms with Gasteiger partial charge in [-0.3, -0.25) is 9.67 Å². The molecule has 5 nitrogen and oxygen atoms in total. The Labute approximate surface area is 99.7 Å². The highest BCUT2D eigenvalue weighted by Crippen LogP contribution is 2.21. The Bertz CT molecular complexity index is 482. The van der Waals surface area contributed by atoms with Crippen molar-refractivity contribution >= 4 is 0 Å². The fraction of sp³-hybridized carbons (Fsp3) is 0.333. The van der Waals surface area contributed by atoms with E-state index in [1.165, 1.54) is 6.20 Å². The SMILES string of the molecule is COCCCn1cc(-c2cncc(O)c2)cn1. The molecule has 1 N–H and O–H groups in total. The van der Waals surface area contributed by atoms with Gasteiger partial charge < -0.3 is 9.84 Å². The monoisotopic (exact) mass is 233 g/mol. The van der Waals surface area contributed by atoms with Gasteiger partial charge in [0.1, 0.15) is 5.75 Å².